The third kappa shape index (κ3) is 4.37. The summed E-state index contributed by atoms with van der Waals surface area (Å²) in [5.41, 5.74) is 1.93. The predicted molar refractivity (Wildman–Crippen MR) is 105 cm³/mol. The number of nitrogens with one attached hydrogen (secondary N) is 1. The number of imidazole rings is 1. The van der Waals surface area contributed by atoms with E-state index in [4.69, 9.17) is 0 Å². The van der Waals surface area contributed by atoms with Crippen molar-refractivity contribution >= 4 is 32.7 Å². The molecule has 0 bridgehead atoms. The summed E-state index contributed by atoms with van der Waals surface area (Å²) < 4.78 is 40.4. The number of nitrogens with zero attached hydrogens (tertiary/aromatic N) is 3. The van der Waals surface area contributed by atoms with E-state index in [9.17, 15) is 17.6 Å². The molecule has 2 aromatic carbocycles. The SMILES string of the molecule is CN(C)S(=O)(=O)c1ccc2c(c1)ncn2CCCC(=O)Nc1ccc(F)cc1. The summed E-state index contributed by atoms with van der Waals surface area (Å²) in [6.07, 6.45) is 2.51. The van der Waals surface area contributed by atoms with Crippen LogP contribution in [0.25, 0.3) is 11.0 Å². The quantitative estimate of drug-likeness (QED) is 0.656. The van der Waals surface area contributed by atoms with Crippen molar-refractivity contribution in [3.8, 4) is 0 Å². The number of benzene rings is 2. The molecular formula is C19H21FN4O3S. The van der Waals surface area contributed by atoms with Crippen molar-refractivity contribution in [3.05, 3.63) is 54.6 Å². The first-order valence-corrected chi connectivity index (χ1v) is 10.1. The number of hydrogen-bond acceptors (Lipinski definition) is 4. The number of hydrogen-bond donors (Lipinski definition) is 1. The number of rotatable bonds is 7. The van der Waals surface area contributed by atoms with Gasteiger partial charge in [-0.3, -0.25) is 4.79 Å². The van der Waals surface area contributed by atoms with Crippen LogP contribution < -0.4 is 5.32 Å². The second-order valence-electron chi connectivity index (χ2n) is 6.53. The Hall–Kier alpha value is -2.78. The number of halogens is 1. The zero-order valence-electron chi connectivity index (χ0n) is 15.6. The van der Waals surface area contributed by atoms with Crippen LogP contribution in [0.3, 0.4) is 0 Å². The van der Waals surface area contributed by atoms with E-state index in [1.165, 1.54) is 38.4 Å². The Kier molecular flexibility index (Phi) is 5.76. The van der Waals surface area contributed by atoms with Crippen LogP contribution in [0.1, 0.15) is 12.8 Å². The van der Waals surface area contributed by atoms with Crippen LogP contribution in [-0.2, 0) is 21.4 Å². The van der Waals surface area contributed by atoms with Crippen molar-refractivity contribution in [1.29, 1.82) is 0 Å². The fourth-order valence-corrected chi connectivity index (χ4v) is 3.68. The number of carbonyl (C=O) groups is 1. The fourth-order valence-electron chi connectivity index (χ4n) is 2.76. The minimum atomic E-state index is -3.51. The Morgan fingerprint density at radius 2 is 1.89 bits per heavy atom. The summed E-state index contributed by atoms with van der Waals surface area (Å²) in [6.45, 7) is 0.563. The van der Waals surface area contributed by atoms with Crippen LogP contribution in [0, 0.1) is 5.82 Å². The molecule has 1 amide bonds. The van der Waals surface area contributed by atoms with E-state index < -0.39 is 10.0 Å². The summed E-state index contributed by atoms with van der Waals surface area (Å²) >= 11 is 0. The normalized spacial score (nSPS) is 11.9. The molecule has 148 valence electrons. The molecule has 0 unspecified atom stereocenters. The lowest BCUT2D eigenvalue weighted by atomic mass is 10.2. The average molecular weight is 404 g/mol. The average Bonchev–Trinajstić information content (AvgIpc) is 3.06. The van der Waals surface area contributed by atoms with Crippen LogP contribution in [0.15, 0.2) is 53.7 Å². The summed E-state index contributed by atoms with van der Waals surface area (Å²) in [5.74, 6) is -0.512. The Bertz CT molecular complexity index is 1090. The van der Waals surface area contributed by atoms with E-state index in [2.05, 4.69) is 10.3 Å². The molecule has 0 aliphatic carbocycles. The summed E-state index contributed by atoms with van der Waals surface area (Å²) in [7, 11) is -0.550. The molecule has 0 saturated heterocycles. The van der Waals surface area contributed by atoms with Gasteiger partial charge in [0.1, 0.15) is 5.82 Å². The number of fused-ring (bicyclic) bond motifs is 1. The smallest absolute Gasteiger partial charge is 0.242 e. The first-order chi connectivity index (χ1) is 13.3. The van der Waals surface area contributed by atoms with Crippen molar-refractivity contribution < 1.29 is 17.6 Å². The van der Waals surface area contributed by atoms with E-state index in [-0.39, 0.29) is 16.6 Å². The summed E-state index contributed by atoms with van der Waals surface area (Å²) in [4.78, 5) is 16.5. The second kappa shape index (κ2) is 8.07. The van der Waals surface area contributed by atoms with Gasteiger partial charge in [-0.15, -0.1) is 0 Å². The van der Waals surface area contributed by atoms with Gasteiger partial charge in [-0.2, -0.15) is 0 Å². The molecule has 0 saturated carbocycles. The monoisotopic (exact) mass is 404 g/mol. The number of carbonyl (C=O) groups excluding carboxylic acids is 1. The van der Waals surface area contributed by atoms with E-state index in [1.807, 2.05) is 4.57 Å². The molecule has 0 radical (unpaired) electrons. The van der Waals surface area contributed by atoms with Crippen molar-refractivity contribution in [2.24, 2.45) is 0 Å². The Labute approximate surface area is 162 Å². The zero-order valence-corrected chi connectivity index (χ0v) is 16.4. The van der Waals surface area contributed by atoms with Crippen LogP contribution in [-0.4, -0.2) is 42.3 Å². The lowest BCUT2D eigenvalue weighted by Crippen LogP contribution is -2.22. The maximum atomic E-state index is 12.9. The molecule has 0 aliphatic heterocycles. The molecule has 0 atom stereocenters. The van der Waals surface area contributed by atoms with Crippen LogP contribution in [0.5, 0.6) is 0 Å². The van der Waals surface area contributed by atoms with Gasteiger partial charge in [-0.05, 0) is 48.9 Å². The maximum Gasteiger partial charge on any atom is 0.242 e. The van der Waals surface area contributed by atoms with Gasteiger partial charge >= 0.3 is 0 Å². The molecule has 0 spiro atoms. The highest BCUT2D eigenvalue weighted by molar-refractivity contribution is 7.89. The molecule has 1 heterocycles. The van der Waals surface area contributed by atoms with Gasteiger partial charge in [0.25, 0.3) is 0 Å². The molecule has 9 heteroatoms. The Morgan fingerprint density at radius 1 is 1.18 bits per heavy atom. The topological polar surface area (TPSA) is 84.3 Å². The first-order valence-electron chi connectivity index (χ1n) is 8.70. The van der Waals surface area contributed by atoms with Crippen molar-refractivity contribution in [2.75, 3.05) is 19.4 Å². The predicted octanol–water partition coefficient (Wildman–Crippen LogP) is 2.84. The third-order valence-electron chi connectivity index (χ3n) is 4.30. The number of aryl methyl sites for hydroxylation is 1. The lowest BCUT2D eigenvalue weighted by molar-refractivity contribution is -0.116. The van der Waals surface area contributed by atoms with E-state index in [1.54, 1.807) is 24.5 Å². The van der Waals surface area contributed by atoms with E-state index >= 15 is 0 Å². The molecule has 3 rings (SSSR count). The zero-order chi connectivity index (χ0) is 20.3. The standard InChI is InChI=1S/C19H21FN4O3S/c1-23(2)28(26,27)16-9-10-18-17(12-16)21-13-24(18)11-3-4-19(25)22-15-7-5-14(20)6-8-15/h5-10,12-13H,3-4,11H2,1-2H3,(H,22,25). The number of anilines is 1. The minimum Gasteiger partial charge on any atom is -0.331 e. The lowest BCUT2D eigenvalue weighted by Gasteiger charge is -2.11. The highest BCUT2D eigenvalue weighted by Gasteiger charge is 2.18. The number of aromatic nitrogens is 2. The Morgan fingerprint density at radius 3 is 2.57 bits per heavy atom. The molecule has 0 fully saturated rings. The van der Waals surface area contributed by atoms with Crippen LogP contribution in [0.2, 0.25) is 0 Å². The van der Waals surface area contributed by atoms with Gasteiger partial charge in [0.15, 0.2) is 0 Å². The van der Waals surface area contributed by atoms with E-state index in [0.29, 0.717) is 30.6 Å². The van der Waals surface area contributed by atoms with Gasteiger partial charge in [0, 0.05) is 32.7 Å². The molecular weight excluding hydrogens is 383 g/mol. The summed E-state index contributed by atoms with van der Waals surface area (Å²) in [6, 6.07) is 10.4. The third-order valence-corrected chi connectivity index (χ3v) is 6.11. The van der Waals surface area contributed by atoms with Gasteiger partial charge in [0.2, 0.25) is 15.9 Å². The summed E-state index contributed by atoms with van der Waals surface area (Å²) in [5, 5.41) is 2.72. The Balaban J connectivity index is 1.62. The van der Waals surface area contributed by atoms with Gasteiger partial charge in [-0.1, -0.05) is 0 Å². The largest absolute Gasteiger partial charge is 0.331 e. The highest BCUT2D eigenvalue weighted by Crippen LogP contribution is 2.20. The van der Waals surface area contributed by atoms with Crippen molar-refractivity contribution in [2.45, 2.75) is 24.3 Å². The molecule has 0 aliphatic rings. The van der Waals surface area contributed by atoms with Crippen LogP contribution in [0.4, 0.5) is 10.1 Å². The molecule has 1 aromatic heterocycles. The van der Waals surface area contributed by atoms with Crippen LogP contribution >= 0.6 is 0 Å². The molecule has 1 N–H and O–H groups in total. The molecule has 3 aromatic rings. The molecule has 28 heavy (non-hydrogen) atoms. The van der Waals surface area contributed by atoms with E-state index in [0.717, 1.165) is 9.82 Å². The fraction of sp³-hybridized carbons (Fsp3) is 0.263. The number of amides is 1. The first kappa shape index (κ1) is 20.0. The van der Waals surface area contributed by atoms with Gasteiger partial charge in [-0.25, -0.2) is 22.1 Å². The second-order valence-corrected chi connectivity index (χ2v) is 8.69. The highest BCUT2D eigenvalue weighted by atomic mass is 32.2. The minimum absolute atomic E-state index is 0.157. The maximum absolute atomic E-state index is 12.9. The van der Waals surface area contributed by atoms with Gasteiger partial charge < -0.3 is 9.88 Å². The van der Waals surface area contributed by atoms with Gasteiger partial charge in [0.05, 0.1) is 22.3 Å². The van der Waals surface area contributed by atoms with Crippen molar-refractivity contribution in [1.82, 2.24) is 13.9 Å². The number of sulfonamides is 1. The van der Waals surface area contributed by atoms with Crippen molar-refractivity contribution in [3.63, 3.8) is 0 Å². The molecule has 7 nitrogen and oxygen atoms in total.